The van der Waals surface area contributed by atoms with Crippen LogP contribution in [0.3, 0.4) is 0 Å². The summed E-state index contributed by atoms with van der Waals surface area (Å²) in [5.74, 6) is 0. The summed E-state index contributed by atoms with van der Waals surface area (Å²) in [6.45, 7) is 0. The van der Waals surface area contributed by atoms with Crippen molar-refractivity contribution in [3.8, 4) is 22.3 Å². The van der Waals surface area contributed by atoms with Gasteiger partial charge in [0.1, 0.15) is 0 Å². The van der Waals surface area contributed by atoms with Gasteiger partial charge in [-0.25, -0.2) is 0 Å². The van der Waals surface area contributed by atoms with Crippen LogP contribution in [0.25, 0.3) is 87.9 Å². The second-order valence-electron chi connectivity index (χ2n) is 12.5. The zero-order valence-corrected chi connectivity index (χ0v) is 25.2. The minimum atomic E-state index is 0.116. The van der Waals surface area contributed by atoms with E-state index in [1.165, 1.54) is 92.1 Å². The molecule has 0 fully saturated rings. The predicted octanol–water partition coefficient (Wildman–Crippen LogP) is 9.77. The highest BCUT2D eigenvalue weighted by atomic mass is 14.9. The van der Waals surface area contributed by atoms with Gasteiger partial charge in [-0.1, -0.05) is 146 Å². The van der Waals surface area contributed by atoms with Crippen LogP contribution in [0.2, 0.25) is 0 Å². The van der Waals surface area contributed by atoms with Crippen molar-refractivity contribution in [3.05, 3.63) is 168 Å². The maximum Gasteiger partial charge on any atom is 0.0702 e. The van der Waals surface area contributed by atoms with Crippen molar-refractivity contribution < 1.29 is 0 Å². The van der Waals surface area contributed by atoms with Gasteiger partial charge in [0.2, 0.25) is 0 Å². The Morgan fingerprint density at radius 3 is 1.52 bits per heavy atom. The summed E-state index contributed by atoms with van der Waals surface area (Å²) in [4.78, 5) is 0. The molecule has 8 aromatic carbocycles. The van der Waals surface area contributed by atoms with E-state index in [0.29, 0.717) is 0 Å². The Morgan fingerprint density at radius 2 is 0.913 bits per heavy atom. The SMILES string of the molecule is C1=CC2=c3c(-c4cc5ccccc5c5ccccc45)c4ccccc4c(-c4cc5ccccc5c5ccccc45)c3=CNC2C=C1. The number of fused-ring (bicyclic) bond motifs is 9. The summed E-state index contributed by atoms with van der Waals surface area (Å²) in [6.07, 6.45) is 11.2. The van der Waals surface area contributed by atoms with Crippen LogP contribution >= 0.6 is 0 Å². The molecular weight excluding hydrogens is 555 g/mol. The van der Waals surface area contributed by atoms with Crippen molar-refractivity contribution in [2.24, 2.45) is 0 Å². The van der Waals surface area contributed by atoms with E-state index in [1.807, 2.05) is 0 Å². The van der Waals surface area contributed by atoms with Gasteiger partial charge in [0, 0.05) is 11.4 Å². The fraction of sp³-hybridized carbons (Fsp3) is 0.0222. The van der Waals surface area contributed by atoms with E-state index in [9.17, 15) is 0 Å². The molecule has 1 heterocycles. The van der Waals surface area contributed by atoms with Crippen LogP contribution in [0.15, 0.2) is 158 Å². The molecule has 46 heavy (non-hydrogen) atoms. The molecule has 1 atom stereocenters. The van der Waals surface area contributed by atoms with Gasteiger partial charge in [-0.2, -0.15) is 0 Å². The van der Waals surface area contributed by atoms with Crippen LogP contribution < -0.4 is 15.8 Å². The van der Waals surface area contributed by atoms with Crippen molar-refractivity contribution >= 4 is 65.6 Å². The topological polar surface area (TPSA) is 12.0 Å². The van der Waals surface area contributed by atoms with E-state index < -0.39 is 0 Å². The number of benzene rings is 8. The fourth-order valence-corrected chi connectivity index (χ4v) is 8.09. The Hall–Kier alpha value is -5.92. The third-order valence-corrected chi connectivity index (χ3v) is 10.1. The van der Waals surface area contributed by atoms with Gasteiger partial charge in [-0.3, -0.25) is 0 Å². The second kappa shape index (κ2) is 9.79. The quantitative estimate of drug-likeness (QED) is 0.200. The van der Waals surface area contributed by atoms with Crippen LogP contribution in [-0.2, 0) is 0 Å². The Kier molecular flexibility index (Phi) is 5.41. The molecular formula is C45H29N. The van der Waals surface area contributed by atoms with Crippen LogP contribution in [0.1, 0.15) is 0 Å². The van der Waals surface area contributed by atoms with Crippen molar-refractivity contribution in [1.82, 2.24) is 5.32 Å². The van der Waals surface area contributed by atoms with Crippen molar-refractivity contribution in [2.75, 3.05) is 0 Å². The number of hydrogen-bond acceptors (Lipinski definition) is 1. The van der Waals surface area contributed by atoms with E-state index in [-0.39, 0.29) is 6.04 Å². The zero-order chi connectivity index (χ0) is 30.2. The largest absolute Gasteiger partial charge is 0.380 e. The van der Waals surface area contributed by atoms with E-state index >= 15 is 0 Å². The molecule has 1 aliphatic carbocycles. The molecule has 1 aliphatic heterocycles. The van der Waals surface area contributed by atoms with E-state index in [1.54, 1.807) is 0 Å². The summed E-state index contributed by atoms with van der Waals surface area (Å²) >= 11 is 0. The average molecular weight is 584 g/mol. The van der Waals surface area contributed by atoms with Gasteiger partial charge < -0.3 is 5.32 Å². The lowest BCUT2D eigenvalue weighted by Crippen LogP contribution is -2.44. The molecule has 1 heteroatoms. The molecule has 0 aromatic heterocycles. The Balaban J connectivity index is 1.46. The highest BCUT2D eigenvalue weighted by Crippen LogP contribution is 2.41. The predicted molar refractivity (Wildman–Crippen MR) is 197 cm³/mol. The monoisotopic (exact) mass is 583 g/mol. The summed E-state index contributed by atoms with van der Waals surface area (Å²) in [6, 6.07) is 49.4. The first-order valence-electron chi connectivity index (χ1n) is 16.1. The first-order chi connectivity index (χ1) is 22.8. The highest BCUT2D eigenvalue weighted by molar-refractivity contribution is 6.20. The van der Waals surface area contributed by atoms with Crippen LogP contribution in [-0.4, -0.2) is 6.04 Å². The normalized spacial score (nSPS) is 15.3. The Morgan fingerprint density at radius 1 is 0.435 bits per heavy atom. The molecule has 1 nitrogen and oxygen atoms in total. The zero-order valence-electron chi connectivity index (χ0n) is 25.2. The van der Waals surface area contributed by atoms with Crippen LogP contribution in [0.5, 0.6) is 0 Å². The fourth-order valence-electron chi connectivity index (χ4n) is 8.09. The minimum absolute atomic E-state index is 0.116. The van der Waals surface area contributed by atoms with Gasteiger partial charge in [0.25, 0.3) is 0 Å². The number of hydrogen-bond donors (Lipinski definition) is 1. The van der Waals surface area contributed by atoms with Gasteiger partial charge in [-0.15, -0.1) is 0 Å². The summed E-state index contributed by atoms with van der Waals surface area (Å²) in [5.41, 5.74) is 6.44. The van der Waals surface area contributed by atoms with Crippen molar-refractivity contribution in [1.29, 1.82) is 0 Å². The molecule has 10 rings (SSSR count). The lowest BCUT2D eigenvalue weighted by atomic mass is 9.81. The Labute approximate surface area is 266 Å². The molecule has 0 bridgehead atoms. The second-order valence-corrected chi connectivity index (χ2v) is 12.5. The maximum atomic E-state index is 3.78. The molecule has 8 aromatic rings. The molecule has 0 saturated carbocycles. The van der Waals surface area contributed by atoms with Gasteiger partial charge in [-0.05, 0) is 99.0 Å². The summed E-state index contributed by atoms with van der Waals surface area (Å²) in [7, 11) is 0. The lowest BCUT2D eigenvalue weighted by Gasteiger charge is -2.26. The lowest BCUT2D eigenvalue weighted by molar-refractivity contribution is 0.879. The average Bonchev–Trinajstić information content (AvgIpc) is 3.13. The first-order valence-corrected chi connectivity index (χ1v) is 16.1. The molecule has 1 unspecified atom stereocenters. The highest BCUT2D eigenvalue weighted by Gasteiger charge is 2.24. The molecule has 0 spiro atoms. The third-order valence-electron chi connectivity index (χ3n) is 10.1. The van der Waals surface area contributed by atoms with E-state index in [4.69, 9.17) is 0 Å². The van der Waals surface area contributed by atoms with Crippen molar-refractivity contribution in [2.45, 2.75) is 6.04 Å². The van der Waals surface area contributed by atoms with Crippen LogP contribution in [0, 0.1) is 0 Å². The Bertz CT molecular complexity index is 2780. The molecule has 0 amide bonds. The minimum Gasteiger partial charge on any atom is -0.380 e. The van der Waals surface area contributed by atoms with Gasteiger partial charge in [0.05, 0.1) is 6.04 Å². The maximum absolute atomic E-state index is 3.78. The number of nitrogens with one attached hydrogen (secondary N) is 1. The third kappa shape index (κ3) is 3.57. The van der Waals surface area contributed by atoms with E-state index in [2.05, 4.69) is 169 Å². The van der Waals surface area contributed by atoms with E-state index in [0.717, 1.165) is 0 Å². The van der Waals surface area contributed by atoms with Crippen molar-refractivity contribution in [3.63, 3.8) is 0 Å². The summed E-state index contributed by atoms with van der Waals surface area (Å²) < 4.78 is 0. The standard InChI is InChI=1S/C45H29N/c1-3-15-30-28(13-1)25-39(34-19-7-5-17-32(30)34)43-36-21-9-10-22-37(36)44(45-38-23-11-12-24-42(38)46-27-41(43)45)40-26-29-14-2-4-16-31(29)33-18-6-8-20-35(33)40/h1-27,42,46H. The number of allylic oxidation sites excluding steroid dienone is 2. The molecule has 0 saturated heterocycles. The molecule has 2 aliphatic rings. The summed E-state index contributed by atoms with van der Waals surface area (Å²) in [5, 5.41) is 19.1. The molecule has 214 valence electrons. The van der Waals surface area contributed by atoms with Gasteiger partial charge in [0.15, 0.2) is 0 Å². The number of rotatable bonds is 2. The molecule has 1 N–H and O–H groups in total. The first kappa shape index (κ1) is 25.4. The van der Waals surface area contributed by atoms with Crippen LogP contribution in [0.4, 0.5) is 0 Å². The smallest absolute Gasteiger partial charge is 0.0702 e. The van der Waals surface area contributed by atoms with Gasteiger partial charge >= 0.3 is 0 Å². The molecule has 0 radical (unpaired) electrons.